The Labute approximate surface area is 106 Å². The van der Waals surface area contributed by atoms with Crippen molar-refractivity contribution in [3.05, 3.63) is 34.4 Å². The maximum atomic E-state index is 12.1. The highest BCUT2D eigenvalue weighted by molar-refractivity contribution is 6.02. The first-order valence-electron chi connectivity index (χ1n) is 5.68. The number of hydrogen-bond donors (Lipinski definition) is 2. The average molecular weight is 262 g/mol. The van der Waals surface area contributed by atoms with E-state index >= 15 is 0 Å². The van der Waals surface area contributed by atoms with Crippen LogP contribution in [0.3, 0.4) is 0 Å². The molecule has 1 aliphatic rings. The van der Waals surface area contributed by atoms with Gasteiger partial charge in [-0.2, -0.15) is 10.1 Å². The number of aromatic amines is 1. The van der Waals surface area contributed by atoms with Crippen molar-refractivity contribution in [1.82, 2.24) is 19.7 Å². The third kappa shape index (κ3) is 2.17. The number of hydrogen-bond acceptors (Lipinski definition) is 5. The Balaban J connectivity index is 1.90. The minimum Gasteiger partial charge on any atom is -0.334 e. The summed E-state index contributed by atoms with van der Waals surface area (Å²) in [5.74, 6) is -0.243. The number of carbonyl (C=O) groups is 1. The number of aromatic nitrogens is 4. The predicted octanol–water partition coefficient (Wildman–Crippen LogP) is 1.10. The Morgan fingerprint density at radius 3 is 2.95 bits per heavy atom. The van der Waals surface area contributed by atoms with E-state index in [-0.39, 0.29) is 23.4 Å². The molecule has 1 amide bonds. The number of carbonyl (C=O) groups excluding carboxylic acids is 1. The van der Waals surface area contributed by atoms with Crippen LogP contribution in [0.1, 0.15) is 29.4 Å². The Morgan fingerprint density at radius 1 is 1.58 bits per heavy atom. The molecule has 0 unspecified atom stereocenters. The van der Waals surface area contributed by atoms with E-state index in [2.05, 4.69) is 20.5 Å². The molecule has 9 nitrogen and oxygen atoms in total. The highest BCUT2D eigenvalue weighted by Gasteiger charge is 2.30. The van der Waals surface area contributed by atoms with Crippen LogP contribution in [0.5, 0.6) is 0 Å². The van der Waals surface area contributed by atoms with Crippen LogP contribution in [0.25, 0.3) is 0 Å². The van der Waals surface area contributed by atoms with Crippen molar-refractivity contribution < 1.29 is 9.72 Å². The summed E-state index contributed by atoms with van der Waals surface area (Å²) in [5, 5.41) is 19.4. The second-order valence-corrected chi connectivity index (χ2v) is 4.27. The number of H-pyrrole nitrogens is 1. The van der Waals surface area contributed by atoms with Crippen LogP contribution >= 0.6 is 0 Å². The van der Waals surface area contributed by atoms with Gasteiger partial charge in [-0.05, 0) is 12.8 Å². The van der Waals surface area contributed by atoms with Crippen LogP contribution in [0.4, 0.5) is 11.6 Å². The van der Waals surface area contributed by atoms with Gasteiger partial charge in [0.15, 0.2) is 0 Å². The first kappa shape index (κ1) is 11.4. The van der Waals surface area contributed by atoms with E-state index in [9.17, 15) is 14.9 Å². The van der Waals surface area contributed by atoms with Crippen molar-refractivity contribution in [1.29, 1.82) is 0 Å². The number of rotatable bonds is 4. The normalized spacial score (nSPS) is 14.3. The molecule has 0 radical (unpaired) electrons. The second kappa shape index (κ2) is 4.19. The smallest absolute Gasteiger partial charge is 0.287 e. The summed E-state index contributed by atoms with van der Waals surface area (Å²) in [6, 6.07) is 1.44. The fourth-order valence-electron chi connectivity index (χ4n) is 1.84. The molecule has 0 spiro atoms. The van der Waals surface area contributed by atoms with Crippen molar-refractivity contribution in [2.24, 2.45) is 0 Å². The minimum absolute atomic E-state index is 0.0883. The summed E-state index contributed by atoms with van der Waals surface area (Å²) in [7, 11) is 0. The SMILES string of the molecule is O=C(Nc1ncn[nH]1)c1cc([N+](=O)[O-])cn1C1CC1. The standard InChI is InChI=1S/C10H10N6O3/c17-9(13-10-11-5-12-14-10)8-3-7(16(18)19)4-15(8)6-1-2-6/h3-6H,1-2H2,(H2,11,12,13,14,17). The Hall–Kier alpha value is -2.71. The van der Waals surface area contributed by atoms with E-state index in [1.807, 2.05) is 0 Å². The maximum Gasteiger partial charge on any atom is 0.287 e. The van der Waals surface area contributed by atoms with Gasteiger partial charge >= 0.3 is 0 Å². The fraction of sp³-hybridized carbons (Fsp3) is 0.300. The zero-order chi connectivity index (χ0) is 13.4. The highest BCUT2D eigenvalue weighted by Crippen LogP contribution is 2.37. The van der Waals surface area contributed by atoms with Gasteiger partial charge in [0.05, 0.1) is 11.1 Å². The average Bonchev–Trinajstić information content (AvgIpc) is 2.92. The van der Waals surface area contributed by atoms with Crippen LogP contribution in [-0.2, 0) is 0 Å². The van der Waals surface area contributed by atoms with Crippen LogP contribution in [0.15, 0.2) is 18.6 Å². The molecule has 1 aliphatic carbocycles. The molecule has 2 N–H and O–H groups in total. The lowest BCUT2D eigenvalue weighted by Gasteiger charge is -2.05. The van der Waals surface area contributed by atoms with E-state index in [4.69, 9.17) is 0 Å². The molecule has 1 saturated carbocycles. The van der Waals surface area contributed by atoms with Crippen LogP contribution in [-0.4, -0.2) is 30.6 Å². The number of nitrogens with zero attached hydrogens (tertiary/aromatic N) is 4. The molecular formula is C10H10N6O3. The van der Waals surface area contributed by atoms with Gasteiger partial charge < -0.3 is 4.57 Å². The van der Waals surface area contributed by atoms with Crippen molar-refractivity contribution in [2.45, 2.75) is 18.9 Å². The molecular weight excluding hydrogens is 252 g/mol. The number of nitrogens with one attached hydrogen (secondary N) is 2. The first-order chi connectivity index (χ1) is 9.15. The number of nitro groups is 1. The topological polar surface area (TPSA) is 119 Å². The molecule has 3 rings (SSSR count). The van der Waals surface area contributed by atoms with Gasteiger partial charge in [-0.25, -0.2) is 5.10 Å². The third-order valence-corrected chi connectivity index (χ3v) is 2.86. The molecule has 0 bridgehead atoms. The maximum absolute atomic E-state index is 12.1. The zero-order valence-electron chi connectivity index (χ0n) is 9.74. The van der Waals surface area contributed by atoms with E-state index < -0.39 is 10.8 Å². The Morgan fingerprint density at radius 2 is 2.37 bits per heavy atom. The summed E-state index contributed by atoms with van der Waals surface area (Å²) < 4.78 is 1.64. The van der Waals surface area contributed by atoms with E-state index in [1.165, 1.54) is 18.6 Å². The largest absolute Gasteiger partial charge is 0.334 e. The zero-order valence-corrected chi connectivity index (χ0v) is 9.74. The lowest BCUT2D eigenvalue weighted by molar-refractivity contribution is -0.384. The van der Waals surface area contributed by atoms with Gasteiger partial charge in [0.25, 0.3) is 11.6 Å². The molecule has 1 fully saturated rings. The van der Waals surface area contributed by atoms with E-state index in [0.29, 0.717) is 0 Å². The van der Waals surface area contributed by atoms with Crippen LogP contribution in [0, 0.1) is 10.1 Å². The Kier molecular flexibility index (Phi) is 2.51. The van der Waals surface area contributed by atoms with Gasteiger partial charge in [-0.3, -0.25) is 20.2 Å². The molecule has 9 heteroatoms. The van der Waals surface area contributed by atoms with Gasteiger partial charge in [-0.15, -0.1) is 0 Å². The van der Waals surface area contributed by atoms with Crippen molar-refractivity contribution in [3.8, 4) is 0 Å². The fourth-order valence-corrected chi connectivity index (χ4v) is 1.84. The first-order valence-corrected chi connectivity index (χ1v) is 5.68. The van der Waals surface area contributed by atoms with E-state index in [0.717, 1.165) is 12.8 Å². The summed E-state index contributed by atoms with van der Waals surface area (Å²) in [6.45, 7) is 0. The molecule has 0 atom stereocenters. The lowest BCUT2D eigenvalue weighted by Crippen LogP contribution is -2.17. The van der Waals surface area contributed by atoms with Gasteiger partial charge in [0, 0.05) is 12.1 Å². The molecule has 2 aromatic heterocycles. The highest BCUT2D eigenvalue weighted by atomic mass is 16.6. The van der Waals surface area contributed by atoms with Crippen molar-refractivity contribution >= 4 is 17.5 Å². The predicted molar refractivity (Wildman–Crippen MR) is 63.7 cm³/mol. The quantitative estimate of drug-likeness (QED) is 0.631. The Bertz CT molecular complexity index is 628. The van der Waals surface area contributed by atoms with Crippen LogP contribution < -0.4 is 5.32 Å². The second-order valence-electron chi connectivity index (χ2n) is 4.27. The molecule has 2 heterocycles. The number of anilines is 1. The minimum atomic E-state index is -0.510. The molecule has 19 heavy (non-hydrogen) atoms. The summed E-state index contributed by atoms with van der Waals surface area (Å²) in [5.41, 5.74) is 0.167. The molecule has 0 saturated heterocycles. The third-order valence-electron chi connectivity index (χ3n) is 2.86. The monoisotopic (exact) mass is 262 g/mol. The van der Waals surface area contributed by atoms with Crippen LogP contribution in [0.2, 0.25) is 0 Å². The van der Waals surface area contributed by atoms with Crippen molar-refractivity contribution in [2.75, 3.05) is 5.32 Å². The van der Waals surface area contributed by atoms with Gasteiger partial charge in [0.2, 0.25) is 5.95 Å². The summed E-state index contributed by atoms with van der Waals surface area (Å²) in [4.78, 5) is 26.1. The number of amides is 1. The molecule has 2 aromatic rings. The van der Waals surface area contributed by atoms with Gasteiger partial charge in [-0.1, -0.05) is 0 Å². The molecule has 0 aliphatic heterocycles. The van der Waals surface area contributed by atoms with Gasteiger partial charge in [0.1, 0.15) is 12.0 Å². The molecule has 0 aromatic carbocycles. The summed E-state index contributed by atoms with van der Waals surface area (Å²) in [6.07, 6.45) is 4.51. The lowest BCUT2D eigenvalue weighted by atomic mass is 10.4. The molecule has 98 valence electrons. The summed E-state index contributed by atoms with van der Waals surface area (Å²) >= 11 is 0. The van der Waals surface area contributed by atoms with E-state index in [1.54, 1.807) is 4.57 Å². The van der Waals surface area contributed by atoms with Crippen molar-refractivity contribution in [3.63, 3.8) is 0 Å².